The molecular formula is C25H34N2O6S. The summed E-state index contributed by atoms with van der Waals surface area (Å²) in [6.07, 6.45) is 0. The van der Waals surface area contributed by atoms with Crippen molar-refractivity contribution in [3.8, 4) is 5.75 Å². The summed E-state index contributed by atoms with van der Waals surface area (Å²) in [5.41, 5.74) is 1.36. The van der Waals surface area contributed by atoms with E-state index in [1.807, 2.05) is 34.6 Å². The first-order valence-corrected chi connectivity index (χ1v) is 12.6. The molecule has 0 saturated carbocycles. The van der Waals surface area contributed by atoms with Gasteiger partial charge in [-0.3, -0.25) is 9.52 Å². The van der Waals surface area contributed by atoms with Gasteiger partial charge in [-0.15, -0.1) is 0 Å². The molecule has 0 bridgehead atoms. The van der Waals surface area contributed by atoms with Gasteiger partial charge in [0, 0.05) is 18.8 Å². The summed E-state index contributed by atoms with van der Waals surface area (Å²) in [4.78, 5) is 26.7. The van der Waals surface area contributed by atoms with Gasteiger partial charge >= 0.3 is 5.97 Å². The number of ether oxygens (including phenoxy) is 2. The summed E-state index contributed by atoms with van der Waals surface area (Å²) in [5, 5.41) is 0. The zero-order valence-electron chi connectivity index (χ0n) is 20.6. The lowest BCUT2D eigenvalue weighted by Gasteiger charge is -2.26. The minimum atomic E-state index is -4.05. The number of sulfonamides is 1. The molecule has 9 heteroatoms. The number of nitrogens with one attached hydrogen (secondary N) is 1. The number of hydrogen-bond donors (Lipinski definition) is 1. The Kier molecular flexibility index (Phi) is 9.49. The molecule has 0 atom stereocenters. The molecule has 0 aliphatic rings. The molecule has 0 heterocycles. The number of aryl methyl sites for hydroxylation is 1. The summed E-state index contributed by atoms with van der Waals surface area (Å²) < 4.78 is 38.9. The van der Waals surface area contributed by atoms with Crippen molar-refractivity contribution < 1.29 is 27.5 Å². The van der Waals surface area contributed by atoms with Crippen molar-refractivity contribution in [2.24, 2.45) is 11.8 Å². The second kappa shape index (κ2) is 11.9. The van der Waals surface area contributed by atoms with Gasteiger partial charge in [0.15, 0.2) is 6.61 Å². The van der Waals surface area contributed by atoms with Gasteiger partial charge in [0.05, 0.1) is 12.7 Å². The van der Waals surface area contributed by atoms with E-state index >= 15 is 0 Å². The van der Waals surface area contributed by atoms with Gasteiger partial charge in [-0.25, -0.2) is 13.2 Å². The predicted octanol–water partition coefficient (Wildman–Crippen LogP) is 4.10. The van der Waals surface area contributed by atoms with Crippen LogP contribution in [0.3, 0.4) is 0 Å². The number of benzene rings is 2. The van der Waals surface area contributed by atoms with Crippen LogP contribution in [0.25, 0.3) is 0 Å². The third kappa shape index (κ3) is 7.76. The van der Waals surface area contributed by atoms with E-state index < -0.39 is 22.6 Å². The normalized spacial score (nSPS) is 11.4. The fourth-order valence-electron chi connectivity index (χ4n) is 3.31. The van der Waals surface area contributed by atoms with E-state index in [1.54, 1.807) is 29.2 Å². The SMILES string of the molecule is COc1ccc(C(=O)OCC(=O)N(CC(C)C)CC(C)C)cc1S(=O)(=O)Nc1ccc(C)cc1. The van der Waals surface area contributed by atoms with Gasteiger partial charge in [0.2, 0.25) is 0 Å². The number of rotatable bonds is 11. The molecule has 2 rings (SSSR count). The van der Waals surface area contributed by atoms with Crippen molar-refractivity contribution in [1.29, 1.82) is 0 Å². The summed E-state index contributed by atoms with van der Waals surface area (Å²) >= 11 is 0. The molecule has 0 aliphatic heterocycles. The number of methoxy groups -OCH3 is 1. The van der Waals surface area contributed by atoms with Crippen LogP contribution < -0.4 is 9.46 Å². The van der Waals surface area contributed by atoms with Gasteiger partial charge < -0.3 is 14.4 Å². The number of hydrogen-bond acceptors (Lipinski definition) is 6. The molecule has 2 aromatic carbocycles. The Labute approximate surface area is 202 Å². The number of anilines is 1. The lowest BCUT2D eigenvalue weighted by atomic mass is 10.1. The highest BCUT2D eigenvalue weighted by Crippen LogP contribution is 2.27. The molecule has 0 saturated heterocycles. The van der Waals surface area contributed by atoms with E-state index in [1.165, 1.54) is 25.3 Å². The zero-order valence-corrected chi connectivity index (χ0v) is 21.4. The van der Waals surface area contributed by atoms with E-state index in [2.05, 4.69) is 4.72 Å². The maximum atomic E-state index is 13.0. The average molecular weight is 491 g/mol. The van der Waals surface area contributed by atoms with E-state index in [0.717, 1.165) is 5.56 Å². The smallest absolute Gasteiger partial charge is 0.338 e. The van der Waals surface area contributed by atoms with Crippen LogP contribution in [0.1, 0.15) is 43.6 Å². The average Bonchev–Trinajstić information content (AvgIpc) is 2.77. The fourth-order valence-corrected chi connectivity index (χ4v) is 4.56. The number of carbonyl (C=O) groups is 2. The van der Waals surface area contributed by atoms with Crippen LogP contribution in [0.5, 0.6) is 5.75 Å². The van der Waals surface area contributed by atoms with Crippen LogP contribution in [0, 0.1) is 18.8 Å². The Morgan fingerprint density at radius 2 is 1.56 bits per heavy atom. The Morgan fingerprint density at radius 3 is 2.09 bits per heavy atom. The molecule has 1 amide bonds. The van der Waals surface area contributed by atoms with Crippen LogP contribution >= 0.6 is 0 Å². The van der Waals surface area contributed by atoms with E-state index in [4.69, 9.17) is 9.47 Å². The number of esters is 1. The van der Waals surface area contributed by atoms with Gasteiger partial charge in [0.1, 0.15) is 10.6 Å². The first-order chi connectivity index (χ1) is 15.9. The summed E-state index contributed by atoms with van der Waals surface area (Å²) in [6.45, 7) is 10.6. The molecule has 8 nitrogen and oxygen atoms in total. The molecule has 0 spiro atoms. The maximum absolute atomic E-state index is 13.0. The molecule has 1 N–H and O–H groups in total. The topological polar surface area (TPSA) is 102 Å². The largest absolute Gasteiger partial charge is 0.495 e. The van der Waals surface area contributed by atoms with Crippen molar-refractivity contribution in [2.75, 3.05) is 31.5 Å². The third-order valence-electron chi connectivity index (χ3n) is 4.84. The number of carbonyl (C=O) groups excluding carboxylic acids is 2. The standard InChI is InChI=1S/C25H34N2O6S/c1-17(2)14-27(15-18(3)4)24(28)16-33-25(29)20-9-12-22(32-6)23(13-20)34(30,31)26-21-10-7-19(5)8-11-21/h7-13,17-18,26H,14-16H2,1-6H3. The Bertz CT molecular complexity index is 1080. The van der Waals surface area contributed by atoms with Gasteiger partial charge in [-0.1, -0.05) is 45.4 Å². The molecular weight excluding hydrogens is 456 g/mol. The summed E-state index contributed by atoms with van der Waals surface area (Å²) in [5.74, 6) is -0.468. The minimum absolute atomic E-state index is 0.00264. The van der Waals surface area contributed by atoms with E-state index in [0.29, 0.717) is 18.8 Å². The Hall–Kier alpha value is -3.07. The van der Waals surface area contributed by atoms with Gasteiger partial charge in [-0.05, 0) is 49.1 Å². The lowest BCUT2D eigenvalue weighted by Crippen LogP contribution is -2.39. The van der Waals surface area contributed by atoms with Crippen molar-refractivity contribution >= 4 is 27.6 Å². The molecule has 2 aromatic rings. The molecule has 0 unspecified atom stereocenters. The highest BCUT2D eigenvalue weighted by atomic mass is 32.2. The molecule has 0 aromatic heterocycles. The maximum Gasteiger partial charge on any atom is 0.338 e. The summed E-state index contributed by atoms with van der Waals surface area (Å²) in [6, 6.07) is 10.8. The highest BCUT2D eigenvalue weighted by molar-refractivity contribution is 7.92. The monoisotopic (exact) mass is 490 g/mol. The fraction of sp³-hybridized carbons (Fsp3) is 0.440. The van der Waals surface area contributed by atoms with Crippen molar-refractivity contribution in [3.05, 3.63) is 53.6 Å². The van der Waals surface area contributed by atoms with Crippen LogP contribution in [0.2, 0.25) is 0 Å². The first-order valence-electron chi connectivity index (χ1n) is 11.1. The Morgan fingerprint density at radius 1 is 0.971 bits per heavy atom. The Balaban J connectivity index is 2.19. The quantitative estimate of drug-likeness (QED) is 0.476. The molecule has 0 fully saturated rings. The molecule has 34 heavy (non-hydrogen) atoms. The van der Waals surface area contributed by atoms with Crippen molar-refractivity contribution in [3.63, 3.8) is 0 Å². The molecule has 0 aliphatic carbocycles. The second-order valence-electron chi connectivity index (χ2n) is 9.00. The summed E-state index contributed by atoms with van der Waals surface area (Å²) in [7, 11) is -2.71. The highest BCUT2D eigenvalue weighted by Gasteiger charge is 2.24. The lowest BCUT2D eigenvalue weighted by molar-refractivity contribution is -0.135. The first kappa shape index (κ1) is 27.2. The van der Waals surface area contributed by atoms with Crippen LogP contribution in [-0.4, -0.2) is 52.0 Å². The van der Waals surface area contributed by atoms with Crippen LogP contribution in [-0.2, 0) is 19.6 Å². The zero-order chi connectivity index (χ0) is 25.5. The van der Waals surface area contributed by atoms with Crippen LogP contribution in [0.15, 0.2) is 47.4 Å². The van der Waals surface area contributed by atoms with E-state index in [-0.39, 0.29) is 34.0 Å². The van der Waals surface area contributed by atoms with E-state index in [9.17, 15) is 18.0 Å². The predicted molar refractivity (Wildman–Crippen MR) is 132 cm³/mol. The number of amides is 1. The van der Waals surface area contributed by atoms with Crippen molar-refractivity contribution in [2.45, 2.75) is 39.5 Å². The molecule has 186 valence electrons. The van der Waals surface area contributed by atoms with Crippen molar-refractivity contribution in [1.82, 2.24) is 4.90 Å². The van der Waals surface area contributed by atoms with Gasteiger partial charge in [-0.2, -0.15) is 0 Å². The number of nitrogens with zero attached hydrogens (tertiary/aromatic N) is 1. The minimum Gasteiger partial charge on any atom is -0.495 e. The van der Waals surface area contributed by atoms with Gasteiger partial charge in [0.25, 0.3) is 15.9 Å². The molecule has 0 radical (unpaired) electrons. The second-order valence-corrected chi connectivity index (χ2v) is 10.7. The van der Waals surface area contributed by atoms with Crippen LogP contribution in [0.4, 0.5) is 5.69 Å². The third-order valence-corrected chi connectivity index (χ3v) is 6.25.